The molecule has 0 aliphatic carbocycles. The van der Waals surface area contributed by atoms with Crippen LogP contribution < -0.4 is 4.90 Å². The molecule has 1 N–H and O–H groups in total. The van der Waals surface area contributed by atoms with Gasteiger partial charge < -0.3 is 4.90 Å². The number of aryl methyl sites for hydroxylation is 1. The Morgan fingerprint density at radius 1 is 1.17 bits per heavy atom. The molecule has 0 spiro atoms. The lowest BCUT2D eigenvalue weighted by Gasteiger charge is -2.28. The number of hydrogen-bond acceptors (Lipinski definition) is 4. The molecule has 1 aromatic carbocycles. The Labute approximate surface area is 149 Å². The zero-order chi connectivity index (χ0) is 16.7. The fourth-order valence-electron chi connectivity index (χ4n) is 3.04. The Balaban J connectivity index is 1.71. The van der Waals surface area contributed by atoms with E-state index in [0.717, 1.165) is 42.3 Å². The van der Waals surface area contributed by atoms with Crippen molar-refractivity contribution in [3.8, 4) is 11.3 Å². The van der Waals surface area contributed by atoms with Crippen LogP contribution >= 0.6 is 23.2 Å². The fraction of sp³-hybridized carbons (Fsp3) is 0.235. The van der Waals surface area contributed by atoms with Crippen LogP contribution in [-0.2, 0) is 13.0 Å². The number of rotatable bonds is 2. The SMILES string of the molecule is Cc1nc(Cl)cc(N2CCc3[nH]nc(-c4cccc(Cl)c4)c3C2)n1. The Kier molecular flexibility index (Phi) is 3.90. The first-order chi connectivity index (χ1) is 11.6. The lowest BCUT2D eigenvalue weighted by Crippen LogP contribution is -2.31. The third-order valence-corrected chi connectivity index (χ3v) is 4.58. The molecule has 4 rings (SSSR count). The van der Waals surface area contributed by atoms with Gasteiger partial charge in [-0.2, -0.15) is 5.10 Å². The van der Waals surface area contributed by atoms with E-state index in [0.29, 0.717) is 16.0 Å². The lowest BCUT2D eigenvalue weighted by atomic mass is 10.0. The summed E-state index contributed by atoms with van der Waals surface area (Å²) in [6.07, 6.45) is 0.879. The van der Waals surface area contributed by atoms with Gasteiger partial charge in [0.25, 0.3) is 0 Å². The molecule has 0 unspecified atom stereocenters. The van der Waals surface area contributed by atoms with Crippen LogP contribution in [0.25, 0.3) is 11.3 Å². The second-order valence-corrected chi connectivity index (χ2v) is 6.63. The average molecular weight is 360 g/mol. The van der Waals surface area contributed by atoms with Crippen LogP contribution in [0.15, 0.2) is 30.3 Å². The largest absolute Gasteiger partial charge is 0.352 e. The van der Waals surface area contributed by atoms with Crippen molar-refractivity contribution in [3.05, 3.63) is 57.6 Å². The van der Waals surface area contributed by atoms with Crippen LogP contribution in [0.1, 0.15) is 17.1 Å². The van der Waals surface area contributed by atoms with Gasteiger partial charge in [0.15, 0.2) is 0 Å². The Morgan fingerprint density at radius 3 is 2.83 bits per heavy atom. The molecule has 3 heterocycles. The van der Waals surface area contributed by atoms with Crippen molar-refractivity contribution in [1.82, 2.24) is 20.2 Å². The predicted molar refractivity (Wildman–Crippen MR) is 95.6 cm³/mol. The van der Waals surface area contributed by atoms with Crippen molar-refractivity contribution in [2.45, 2.75) is 19.9 Å². The highest BCUT2D eigenvalue weighted by molar-refractivity contribution is 6.30. The lowest BCUT2D eigenvalue weighted by molar-refractivity contribution is 0.707. The fourth-order valence-corrected chi connectivity index (χ4v) is 3.45. The third kappa shape index (κ3) is 2.85. The molecule has 0 saturated carbocycles. The molecular weight excluding hydrogens is 345 g/mol. The summed E-state index contributed by atoms with van der Waals surface area (Å²) >= 11 is 12.2. The highest BCUT2D eigenvalue weighted by Gasteiger charge is 2.24. The summed E-state index contributed by atoms with van der Waals surface area (Å²) in [7, 11) is 0. The molecule has 0 atom stereocenters. The molecule has 7 heteroatoms. The van der Waals surface area contributed by atoms with Gasteiger partial charge in [0.05, 0.1) is 5.69 Å². The first-order valence-corrected chi connectivity index (χ1v) is 8.44. The van der Waals surface area contributed by atoms with Crippen molar-refractivity contribution in [3.63, 3.8) is 0 Å². The van der Waals surface area contributed by atoms with Gasteiger partial charge in [0, 0.05) is 47.4 Å². The quantitative estimate of drug-likeness (QED) is 0.701. The van der Waals surface area contributed by atoms with Crippen molar-refractivity contribution >= 4 is 29.0 Å². The number of aromatic amines is 1. The number of anilines is 1. The first-order valence-electron chi connectivity index (χ1n) is 7.68. The van der Waals surface area contributed by atoms with Crippen LogP contribution in [0.2, 0.25) is 10.2 Å². The Hall–Kier alpha value is -2.11. The molecule has 3 aromatic rings. The minimum absolute atomic E-state index is 0.463. The standard InChI is InChI=1S/C17H15Cl2N5/c1-10-20-15(19)8-16(21-10)24-6-5-14-13(9-24)17(23-22-14)11-3-2-4-12(18)7-11/h2-4,7-8H,5-6,9H2,1H3,(H,22,23). The number of halogens is 2. The summed E-state index contributed by atoms with van der Waals surface area (Å²) in [5.41, 5.74) is 4.29. The predicted octanol–water partition coefficient (Wildman–Crippen LogP) is 4.04. The zero-order valence-electron chi connectivity index (χ0n) is 13.1. The number of H-pyrrole nitrogens is 1. The monoisotopic (exact) mass is 359 g/mol. The molecule has 0 fully saturated rings. The van der Waals surface area contributed by atoms with E-state index < -0.39 is 0 Å². The van der Waals surface area contributed by atoms with Crippen LogP contribution in [0, 0.1) is 6.92 Å². The molecule has 0 bridgehead atoms. The number of nitrogens with one attached hydrogen (secondary N) is 1. The van der Waals surface area contributed by atoms with E-state index in [4.69, 9.17) is 23.2 Å². The normalized spacial score (nSPS) is 13.9. The van der Waals surface area contributed by atoms with E-state index in [1.807, 2.05) is 31.2 Å². The van der Waals surface area contributed by atoms with E-state index in [9.17, 15) is 0 Å². The second kappa shape index (κ2) is 6.07. The molecule has 2 aromatic heterocycles. The van der Waals surface area contributed by atoms with Gasteiger partial charge in [-0.05, 0) is 19.1 Å². The molecule has 0 amide bonds. The summed E-state index contributed by atoms with van der Waals surface area (Å²) in [4.78, 5) is 10.8. The minimum Gasteiger partial charge on any atom is -0.352 e. The molecule has 24 heavy (non-hydrogen) atoms. The van der Waals surface area contributed by atoms with Gasteiger partial charge in [0.2, 0.25) is 0 Å². The van der Waals surface area contributed by atoms with Gasteiger partial charge in [-0.3, -0.25) is 5.10 Å². The first kappa shape index (κ1) is 15.4. The van der Waals surface area contributed by atoms with Crippen LogP contribution in [-0.4, -0.2) is 26.7 Å². The highest BCUT2D eigenvalue weighted by atomic mass is 35.5. The van der Waals surface area contributed by atoms with Crippen molar-refractivity contribution in [2.75, 3.05) is 11.4 Å². The smallest absolute Gasteiger partial charge is 0.134 e. The number of fused-ring (bicyclic) bond motifs is 1. The van der Waals surface area contributed by atoms with E-state index in [-0.39, 0.29) is 0 Å². The summed E-state index contributed by atoms with van der Waals surface area (Å²) in [5, 5.41) is 8.83. The Bertz CT molecular complexity index is 885. The van der Waals surface area contributed by atoms with Gasteiger partial charge in [0.1, 0.15) is 16.8 Å². The van der Waals surface area contributed by atoms with E-state index in [1.165, 1.54) is 5.56 Å². The third-order valence-electron chi connectivity index (χ3n) is 4.15. The molecule has 5 nitrogen and oxygen atoms in total. The van der Waals surface area contributed by atoms with Crippen LogP contribution in [0.5, 0.6) is 0 Å². The molecule has 0 saturated heterocycles. The zero-order valence-corrected chi connectivity index (χ0v) is 14.6. The number of hydrogen-bond donors (Lipinski definition) is 1. The van der Waals surface area contributed by atoms with E-state index >= 15 is 0 Å². The van der Waals surface area contributed by atoms with Crippen molar-refractivity contribution < 1.29 is 0 Å². The maximum absolute atomic E-state index is 6.12. The van der Waals surface area contributed by atoms with E-state index in [2.05, 4.69) is 25.1 Å². The Morgan fingerprint density at radius 2 is 2.04 bits per heavy atom. The molecule has 122 valence electrons. The van der Waals surface area contributed by atoms with Crippen LogP contribution in [0.4, 0.5) is 5.82 Å². The van der Waals surface area contributed by atoms with Gasteiger partial charge in [-0.25, -0.2) is 9.97 Å². The maximum Gasteiger partial charge on any atom is 0.134 e. The number of aromatic nitrogens is 4. The van der Waals surface area contributed by atoms with Crippen molar-refractivity contribution in [2.24, 2.45) is 0 Å². The molecule has 1 aliphatic heterocycles. The number of nitrogens with zero attached hydrogens (tertiary/aromatic N) is 4. The highest BCUT2D eigenvalue weighted by Crippen LogP contribution is 2.31. The minimum atomic E-state index is 0.463. The van der Waals surface area contributed by atoms with E-state index in [1.54, 1.807) is 6.07 Å². The second-order valence-electron chi connectivity index (χ2n) is 5.81. The maximum atomic E-state index is 6.12. The molecule has 1 aliphatic rings. The van der Waals surface area contributed by atoms with Crippen LogP contribution in [0.3, 0.4) is 0 Å². The summed E-state index contributed by atoms with van der Waals surface area (Å²) in [5.74, 6) is 1.52. The summed E-state index contributed by atoms with van der Waals surface area (Å²) in [6, 6.07) is 9.56. The summed E-state index contributed by atoms with van der Waals surface area (Å²) in [6.45, 7) is 3.43. The average Bonchev–Trinajstić information content (AvgIpc) is 2.97. The van der Waals surface area contributed by atoms with Gasteiger partial charge in [-0.1, -0.05) is 35.3 Å². The summed E-state index contributed by atoms with van der Waals surface area (Å²) < 4.78 is 0. The number of benzene rings is 1. The van der Waals surface area contributed by atoms with Crippen molar-refractivity contribution in [1.29, 1.82) is 0 Å². The topological polar surface area (TPSA) is 57.7 Å². The van der Waals surface area contributed by atoms with Gasteiger partial charge >= 0.3 is 0 Å². The van der Waals surface area contributed by atoms with Gasteiger partial charge in [-0.15, -0.1) is 0 Å². The molecular formula is C17H15Cl2N5. The molecule has 0 radical (unpaired) electrons.